The van der Waals surface area contributed by atoms with E-state index in [1.54, 1.807) is 31.2 Å². The highest BCUT2D eigenvalue weighted by Gasteiger charge is 2.38. The van der Waals surface area contributed by atoms with Gasteiger partial charge in [0.1, 0.15) is 11.3 Å². The molecule has 0 amide bonds. The summed E-state index contributed by atoms with van der Waals surface area (Å²) >= 11 is 0. The number of hydrogen-bond donors (Lipinski definition) is 0. The molecule has 0 aliphatic carbocycles. The zero-order valence-corrected chi connectivity index (χ0v) is 16.3. The monoisotopic (exact) mass is 437 g/mol. The number of ether oxygens (including phenoxy) is 2. The Morgan fingerprint density at radius 3 is 2.30 bits per heavy atom. The maximum Gasteiger partial charge on any atom is 0.423 e. The number of anilines is 2. The summed E-state index contributed by atoms with van der Waals surface area (Å²) in [6.07, 6.45) is -7.68. The molecule has 0 bridgehead atoms. The second-order valence-corrected chi connectivity index (χ2v) is 6.20. The van der Waals surface area contributed by atoms with Gasteiger partial charge in [0.15, 0.2) is 6.61 Å². The summed E-state index contributed by atoms with van der Waals surface area (Å²) in [4.78, 5) is 8.79. The minimum Gasteiger partial charge on any atom is -0.491 e. The molecule has 0 radical (unpaired) electrons. The first kappa shape index (κ1) is 23.6. The van der Waals surface area contributed by atoms with Gasteiger partial charge < -0.3 is 14.4 Å². The van der Waals surface area contributed by atoms with Crippen LogP contribution in [0.1, 0.15) is 32.3 Å². The van der Waals surface area contributed by atoms with Gasteiger partial charge in [0.05, 0.1) is 12.3 Å². The molecule has 0 atom stereocenters. The van der Waals surface area contributed by atoms with Crippen LogP contribution in [-0.4, -0.2) is 35.9 Å². The number of aromatic nitrogens is 2. The molecule has 0 aliphatic heterocycles. The fraction of sp³-hybridized carbons (Fsp3) is 0.474. The van der Waals surface area contributed by atoms with E-state index in [1.807, 2.05) is 6.92 Å². The minimum atomic E-state index is -4.97. The average Bonchev–Trinajstić information content (AvgIpc) is 2.67. The molecule has 0 fully saturated rings. The van der Waals surface area contributed by atoms with E-state index in [1.165, 1.54) is 4.90 Å². The Bertz CT molecular complexity index is 827. The summed E-state index contributed by atoms with van der Waals surface area (Å²) in [7, 11) is 0. The van der Waals surface area contributed by atoms with E-state index in [0.717, 1.165) is 12.8 Å². The molecule has 0 spiro atoms. The van der Waals surface area contributed by atoms with E-state index < -0.39 is 30.4 Å². The first-order chi connectivity index (χ1) is 14.1. The van der Waals surface area contributed by atoms with E-state index >= 15 is 0 Å². The van der Waals surface area contributed by atoms with Gasteiger partial charge in [-0.25, -0.2) is 4.98 Å². The Morgan fingerprint density at radius 1 is 1.00 bits per heavy atom. The number of unbranched alkanes of at least 4 members (excludes halogenated alkanes) is 1. The molecule has 2 aromatic rings. The van der Waals surface area contributed by atoms with Crippen molar-refractivity contribution in [2.45, 2.75) is 39.0 Å². The zero-order valence-electron chi connectivity index (χ0n) is 16.3. The molecule has 30 heavy (non-hydrogen) atoms. The second kappa shape index (κ2) is 9.86. The second-order valence-electron chi connectivity index (χ2n) is 6.20. The lowest BCUT2D eigenvalue weighted by atomic mass is 10.2. The zero-order chi connectivity index (χ0) is 22.4. The lowest BCUT2D eigenvalue weighted by Gasteiger charge is -2.24. The van der Waals surface area contributed by atoms with E-state index in [0.29, 0.717) is 24.2 Å². The van der Waals surface area contributed by atoms with Gasteiger partial charge in [-0.15, -0.1) is 0 Å². The van der Waals surface area contributed by atoms with E-state index in [9.17, 15) is 26.3 Å². The van der Waals surface area contributed by atoms with Crippen LogP contribution in [0.25, 0.3) is 0 Å². The first-order valence-electron chi connectivity index (χ1n) is 9.20. The number of halogens is 6. The fourth-order valence-corrected chi connectivity index (χ4v) is 2.49. The van der Waals surface area contributed by atoms with Gasteiger partial charge in [0, 0.05) is 12.7 Å². The molecule has 5 nitrogen and oxygen atoms in total. The highest BCUT2D eigenvalue weighted by Crippen LogP contribution is 2.38. The van der Waals surface area contributed by atoms with Crippen molar-refractivity contribution >= 4 is 11.6 Å². The number of alkyl halides is 6. The van der Waals surface area contributed by atoms with Crippen molar-refractivity contribution in [3.63, 3.8) is 0 Å². The van der Waals surface area contributed by atoms with Gasteiger partial charge in [0.25, 0.3) is 0 Å². The topological polar surface area (TPSA) is 47.5 Å². The fourth-order valence-electron chi connectivity index (χ4n) is 2.49. The van der Waals surface area contributed by atoms with Crippen LogP contribution in [0.5, 0.6) is 11.6 Å². The predicted molar refractivity (Wildman–Crippen MR) is 98.1 cm³/mol. The molecule has 0 aliphatic rings. The van der Waals surface area contributed by atoms with Crippen molar-refractivity contribution in [1.82, 2.24) is 9.97 Å². The molecular weight excluding hydrogens is 416 g/mol. The van der Waals surface area contributed by atoms with Crippen LogP contribution >= 0.6 is 0 Å². The van der Waals surface area contributed by atoms with Crippen molar-refractivity contribution in [2.24, 2.45) is 0 Å². The Kier molecular flexibility index (Phi) is 7.74. The van der Waals surface area contributed by atoms with E-state index in [2.05, 4.69) is 14.7 Å². The highest BCUT2D eigenvalue weighted by atomic mass is 19.4. The van der Waals surface area contributed by atoms with E-state index in [-0.39, 0.29) is 12.5 Å². The molecule has 0 unspecified atom stereocenters. The number of rotatable bonds is 9. The van der Waals surface area contributed by atoms with Crippen LogP contribution in [0, 0.1) is 0 Å². The Labute approximate surface area is 169 Å². The molecule has 11 heteroatoms. The molecule has 1 heterocycles. The van der Waals surface area contributed by atoms with Crippen LogP contribution in [0.15, 0.2) is 30.5 Å². The van der Waals surface area contributed by atoms with Crippen LogP contribution in [0.3, 0.4) is 0 Å². The van der Waals surface area contributed by atoms with Crippen molar-refractivity contribution in [3.05, 3.63) is 36.0 Å². The third-order valence-electron chi connectivity index (χ3n) is 3.89. The normalized spacial score (nSPS) is 12.0. The quantitative estimate of drug-likeness (QED) is 0.368. The van der Waals surface area contributed by atoms with Gasteiger partial charge in [-0.2, -0.15) is 31.3 Å². The van der Waals surface area contributed by atoms with Crippen LogP contribution in [0.4, 0.5) is 38.0 Å². The first-order valence-corrected chi connectivity index (χ1v) is 9.20. The summed E-state index contributed by atoms with van der Waals surface area (Å²) in [5, 5.41) is 0. The van der Waals surface area contributed by atoms with E-state index in [4.69, 9.17) is 4.74 Å². The lowest BCUT2D eigenvalue weighted by molar-refractivity contribution is -0.159. The summed E-state index contributed by atoms with van der Waals surface area (Å²) in [6, 6.07) is 6.75. The third-order valence-corrected chi connectivity index (χ3v) is 3.89. The molecule has 1 aromatic heterocycles. The predicted octanol–water partition coefficient (Wildman–Crippen LogP) is 5.77. The van der Waals surface area contributed by atoms with Crippen LogP contribution in [0.2, 0.25) is 0 Å². The van der Waals surface area contributed by atoms with Gasteiger partial charge in [-0.3, -0.25) is 0 Å². The largest absolute Gasteiger partial charge is 0.491 e. The minimum absolute atomic E-state index is 0.220. The smallest absolute Gasteiger partial charge is 0.423 e. The number of nitrogens with zero attached hydrogens (tertiary/aromatic N) is 3. The maximum absolute atomic E-state index is 13.2. The molecule has 2 rings (SSSR count). The SMILES string of the molecule is CCCCOc1ccccc1N(CC)c1ncc(C(F)(F)F)c(OCC(F)(F)F)n1. The summed E-state index contributed by atoms with van der Waals surface area (Å²) in [5.74, 6) is -0.976. The molecular formula is C19H21F6N3O2. The molecule has 166 valence electrons. The van der Waals surface area contributed by atoms with Crippen molar-refractivity contribution in [2.75, 3.05) is 24.7 Å². The molecule has 1 aromatic carbocycles. The van der Waals surface area contributed by atoms with Crippen LogP contribution < -0.4 is 14.4 Å². The molecule has 0 N–H and O–H groups in total. The molecule has 0 saturated carbocycles. The third kappa shape index (κ3) is 6.39. The maximum atomic E-state index is 13.2. The Morgan fingerprint density at radius 2 is 1.70 bits per heavy atom. The van der Waals surface area contributed by atoms with Crippen molar-refractivity contribution < 1.29 is 35.8 Å². The number of benzene rings is 1. The van der Waals surface area contributed by atoms with Gasteiger partial charge in [-0.1, -0.05) is 25.5 Å². The summed E-state index contributed by atoms with van der Waals surface area (Å²) in [5.41, 5.74) is -1.02. The van der Waals surface area contributed by atoms with Crippen molar-refractivity contribution in [3.8, 4) is 11.6 Å². The number of para-hydroxylation sites is 2. The van der Waals surface area contributed by atoms with Gasteiger partial charge in [-0.05, 0) is 25.5 Å². The Hall–Kier alpha value is -2.72. The molecule has 0 saturated heterocycles. The van der Waals surface area contributed by atoms with Crippen LogP contribution in [-0.2, 0) is 6.18 Å². The number of hydrogen-bond acceptors (Lipinski definition) is 5. The summed E-state index contributed by atoms with van der Waals surface area (Å²) < 4.78 is 87.0. The van der Waals surface area contributed by atoms with Crippen molar-refractivity contribution in [1.29, 1.82) is 0 Å². The van der Waals surface area contributed by atoms with Gasteiger partial charge >= 0.3 is 12.4 Å². The Balaban J connectivity index is 2.43. The average molecular weight is 437 g/mol. The standard InChI is InChI=1S/C19H21F6N3O2/c1-3-5-10-29-15-9-7-6-8-14(15)28(4-2)17-26-11-13(19(23,24)25)16(27-17)30-12-18(20,21)22/h6-9,11H,3-5,10,12H2,1-2H3. The van der Waals surface area contributed by atoms with Gasteiger partial charge in [0.2, 0.25) is 11.8 Å². The summed E-state index contributed by atoms with van der Waals surface area (Å²) in [6.45, 7) is 2.43. The highest BCUT2D eigenvalue weighted by molar-refractivity contribution is 5.65. The lowest BCUT2D eigenvalue weighted by Crippen LogP contribution is -2.24.